The van der Waals surface area contributed by atoms with Gasteiger partial charge in [-0.15, -0.1) is 0 Å². The van der Waals surface area contributed by atoms with E-state index in [4.69, 9.17) is 9.84 Å². The number of ether oxygens (including phenoxy) is 1. The summed E-state index contributed by atoms with van der Waals surface area (Å²) in [6.45, 7) is 1.74. The Balaban J connectivity index is 1.13. The van der Waals surface area contributed by atoms with E-state index in [2.05, 4.69) is 14.9 Å². The van der Waals surface area contributed by atoms with Crippen LogP contribution in [0.4, 0.5) is 15.9 Å². The van der Waals surface area contributed by atoms with Crippen LogP contribution in [0, 0.1) is 11.7 Å². The molecule has 0 radical (unpaired) electrons. The normalized spacial score (nSPS) is 25.0. The lowest BCUT2D eigenvalue weighted by Crippen LogP contribution is -2.30. The third-order valence-electron chi connectivity index (χ3n) is 6.85. The first kappa shape index (κ1) is 21.1. The van der Waals surface area contributed by atoms with E-state index >= 15 is 0 Å². The summed E-state index contributed by atoms with van der Waals surface area (Å²) in [5.41, 5.74) is 3.64. The number of halogens is 1. The molecular formula is C25H28FN3O3. The van der Waals surface area contributed by atoms with E-state index in [1.165, 1.54) is 6.07 Å². The molecule has 1 aromatic heterocycles. The maximum Gasteiger partial charge on any atom is 0.303 e. The van der Waals surface area contributed by atoms with Gasteiger partial charge in [0, 0.05) is 37.7 Å². The molecule has 1 saturated carbocycles. The third kappa shape index (κ3) is 4.67. The first-order chi connectivity index (χ1) is 15.5. The highest BCUT2D eigenvalue weighted by molar-refractivity contribution is 6.06. The second-order valence-corrected chi connectivity index (χ2v) is 9.15. The molecule has 1 saturated heterocycles. The molecule has 32 heavy (non-hydrogen) atoms. The van der Waals surface area contributed by atoms with Gasteiger partial charge in [-0.1, -0.05) is 0 Å². The first-order valence-electron chi connectivity index (χ1n) is 11.5. The molecule has 1 N–H and O–H groups in total. The van der Waals surface area contributed by atoms with Crippen LogP contribution < -0.4 is 4.90 Å². The summed E-state index contributed by atoms with van der Waals surface area (Å²) >= 11 is 0. The zero-order valence-corrected chi connectivity index (χ0v) is 18.0. The number of aliphatic carboxylic acids is 1. The predicted octanol–water partition coefficient (Wildman–Crippen LogP) is 4.53. The number of hydrogen-bond donors (Lipinski definition) is 1. The number of aliphatic imine (C=N–C) groups is 1. The van der Waals surface area contributed by atoms with Crippen LogP contribution in [0.5, 0.6) is 0 Å². The number of benzene rings is 1. The van der Waals surface area contributed by atoms with Gasteiger partial charge >= 0.3 is 5.97 Å². The lowest BCUT2D eigenvalue weighted by atomic mass is 9.85. The lowest BCUT2D eigenvalue weighted by Gasteiger charge is -2.30. The van der Waals surface area contributed by atoms with E-state index in [0.29, 0.717) is 12.3 Å². The largest absolute Gasteiger partial charge is 0.481 e. The van der Waals surface area contributed by atoms with Gasteiger partial charge in [-0.2, -0.15) is 0 Å². The Morgan fingerprint density at radius 2 is 1.97 bits per heavy atom. The van der Waals surface area contributed by atoms with E-state index in [0.717, 1.165) is 73.5 Å². The van der Waals surface area contributed by atoms with E-state index < -0.39 is 5.97 Å². The van der Waals surface area contributed by atoms with Crippen molar-refractivity contribution in [3.05, 3.63) is 53.5 Å². The van der Waals surface area contributed by atoms with Gasteiger partial charge in [0.1, 0.15) is 11.6 Å². The smallest absolute Gasteiger partial charge is 0.303 e. The van der Waals surface area contributed by atoms with Crippen LogP contribution in [0.15, 0.2) is 41.5 Å². The van der Waals surface area contributed by atoms with Crippen molar-refractivity contribution < 1.29 is 19.0 Å². The van der Waals surface area contributed by atoms with Crippen LogP contribution in [-0.2, 0) is 16.0 Å². The number of fused-ring (bicyclic) bond motifs is 1. The highest BCUT2D eigenvalue weighted by Crippen LogP contribution is 2.32. The molecule has 5 rings (SSSR count). The molecule has 3 heterocycles. The van der Waals surface area contributed by atoms with Gasteiger partial charge in [0.2, 0.25) is 0 Å². The summed E-state index contributed by atoms with van der Waals surface area (Å²) in [6.07, 6.45) is 7.97. The molecule has 168 valence electrons. The molecule has 0 unspecified atom stereocenters. The summed E-state index contributed by atoms with van der Waals surface area (Å²) in [6, 6.07) is 8.79. The molecule has 0 bridgehead atoms. The average molecular weight is 438 g/mol. The number of carboxylic acids is 1. The zero-order chi connectivity index (χ0) is 22.1. The quantitative estimate of drug-likeness (QED) is 0.719. The van der Waals surface area contributed by atoms with Crippen LogP contribution in [0.3, 0.4) is 0 Å². The molecular weight excluding hydrogens is 409 g/mol. The number of carbonyl (C=O) groups is 1. The Morgan fingerprint density at radius 1 is 1.12 bits per heavy atom. The highest BCUT2D eigenvalue weighted by Gasteiger charge is 2.30. The van der Waals surface area contributed by atoms with E-state index in [-0.39, 0.29) is 24.4 Å². The molecule has 2 aromatic rings. The van der Waals surface area contributed by atoms with Gasteiger partial charge in [-0.3, -0.25) is 9.79 Å². The molecule has 1 atom stereocenters. The fourth-order valence-electron chi connectivity index (χ4n) is 5.12. The number of carboxylic acid groups (broad SMARTS) is 1. The van der Waals surface area contributed by atoms with Crippen LogP contribution in [0.1, 0.15) is 49.7 Å². The Morgan fingerprint density at radius 3 is 2.72 bits per heavy atom. The fraction of sp³-hybridized carbons (Fsp3) is 0.480. The molecule has 3 aliphatic rings. The van der Waals surface area contributed by atoms with Crippen molar-refractivity contribution in [2.75, 3.05) is 18.0 Å². The van der Waals surface area contributed by atoms with Gasteiger partial charge in [0.05, 0.1) is 23.6 Å². The minimum atomic E-state index is -0.697. The van der Waals surface area contributed by atoms with E-state index in [9.17, 15) is 9.18 Å². The second-order valence-electron chi connectivity index (χ2n) is 9.15. The van der Waals surface area contributed by atoms with Crippen molar-refractivity contribution in [2.45, 2.75) is 57.2 Å². The second kappa shape index (κ2) is 8.98. The molecule has 1 aliphatic carbocycles. The number of pyridine rings is 1. The predicted molar refractivity (Wildman–Crippen MR) is 120 cm³/mol. The van der Waals surface area contributed by atoms with Crippen LogP contribution in [0.25, 0.3) is 0 Å². The highest BCUT2D eigenvalue weighted by atomic mass is 19.1. The lowest BCUT2D eigenvalue weighted by molar-refractivity contribution is -0.138. The number of rotatable bonds is 6. The monoisotopic (exact) mass is 437 g/mol. The summed E-state index contributed by atoms with van der Waals surface area (Å²) in [5, 5.41) is 8.97. The van der Waals surface area contributed by atoms with E-state index in [1.807, 2.05) is 18.3 Å². The number of anilines is 1. The Kier molecular flexibility index (Phi) is 5.91. The summed E-state index contributed by atoms with van der Waals surface area (Å²) in [7, 11) is 0. The number of nitrogens with zero attached hydrogens (tertiary/aromatic N) is 3. The summed E-state index contributed by atoms with van der Waals surface area (Å²) < 4.78 is 19.8. The van der Waals surface area contributed by atoms with Crippen LogP contribution >= 0.6 is 0 Å². The van der Waals surface area contributed by atoms with Gasteiger partial charge in [-0.25, -0.2) is 9.37 Å². The summed E-state index contributed by atoms with van der Waals surface area (Å²) in [4.78, 5) is 22.4. The van der Waals surface area contributed by atoms with Crippen molar-refractivity contribution in [1.29, 1.82) is 0 Å². The third-order valence-corrected chi connectivity index (χ3v) is 6.85. The number of hydrogen-bond acceptors (Lipinski definition) is 5. The van der Waals surface area contributed by atoms with Crippen LogP contribution in [0.2, 0.25) is 0 Å². The van der Waals surface area contributed by atoms with Crippen molar-refractivity contribution in [3.8, 4) is 0 Å². The van der Waals surface area contributed by atoms with Crippen molar-refractivity contribution >= 4 is 23.2 Å². The molecule has 7 heteroatoms. The first-order valence-corrected chi connectivity index (χ1v) is 11.5. The molecule has 2 fully saturated rings. The Hall–Kier alpha value is -2.80. The van der Waals surface area contributed by atoms with Crippen LogP contribution in [-0.4, -0.2) is 47.1 Å². The topological polar surface area (TPSA) is 75.0 Å². The summed E-state index contributed by atoms with van der Waals surface area (Å²) in [5.74, 6) is 0.309. The van der Waals surface area contributed by atoms with Crippen molar-refractivity contribution in [3.63, 3.8) is 0 Å². The zero-order valence-electron chi connectivity index (χ0n) is 18.0. The standard InChI is InChI=1S/C25H28FN3O3/c26-19-4-7-22-18(12-19)13-23(28-22)17-3-8-24(27-14-17)29-10-9-21(15-29)32-20-5-1-16(2-6-20)11-25(30)31/h3-4,7-8,12,14,16,20-21H,1-2,5-6,9-11,13,15H2,(H,30,31)/t16?,20?,21-/m1/s1. The molecule has 0 amide bonds. The maximum absolute atomic E-state index is 13.5. The van der Waals surface area contributed by atoms with Gasteiger partial charge < -0.3 is 14.7 Å². The maximum atomic E-state index is 13.5. The molecule has 1 aromatic carbocycles. The average Bonchev–Trinajstić information content (AvgIpc) is 3.42. The fourth-order valence-corrected chi connectivity index (χ4v) is 5.12. The van der Waals surface area contributed by atoms with Gasteiger partial charge in [0.25, 0.3) is 0 Å². The number of aromatic nitrogens is 1. The van der Waals surface area contributed by atoms with E-state index in [1.54, 1.807) is 12.1 Å². The van der Waals surface area contributed by atoms with Crippen molar-refractivity contribution in [1.82, 2.24) is 4.98 Å². The molecule has 6 nitrogen and oxygen atoms in total. The minimum absolute atomic E-state index is 0.195. The Labute approximate surface area is 187 Å². The molecule has 0 spiro atoms. The SMILES string of the molecule is O=C(O)CC1CCC(O[C@@H]2CCN(c3ccc(C4=Nc5ccc(F)cc5C4)cn3)C2)CC1. The van der Waals surface area contributed by atoms with Crippen molar-refractivity contribution in [2.24, 2.45) is 10.9 Å². The van der Waals surface area contributed by atoms with Gasteiger partial charge in [0.15, 0.2) is 0 Å². The molecule has 2 aliphatic heterocycles. The Bertz CT molecular complexity index is 1020. The van der Waals surface area contributed by atoms with Gasteiger partial charge in [-0.05, 0) is 73.9 Å². The minimum Gasteiger partial charge on any atom is -0.481 e.